The Labute approximate surface area is 176 Å². The van der Waals surface area contributed by atoms with Crippen molar-refractivity contribution in [2.24, 2.45) is 15.0 Å². The largest absolute Gasteiger partial charge is 0.419 e. The van der Waals surface area contributed by atoms with Gasteiger partial charge in [-0.1, -0.05) is 0 Å². The summed E-state index contributed by atoms with van der Waals surface area (Å²) >= 11 is 0. The number of hydrogen-bond donors (Lipinski definition) is 0. The second-order valence-corrected chi connectivity index (χ2v) is 7.09. The van der Waals surface area contributed by atoms with Crippen molar-refractivity contribution in [1.82, 2.24) is 20.0 Å². The maximum absolute atomic E-state index is 14.0. The van der Waals surface area contributed by atoms with Crippen molar-refractivity contribution < 1.29 is 31.1 Å². The Balaban J connectivity index is 1.35. The Hall–Kier alpha value is -3.42. The molecule has 1 aromatic carbocycles. The zero-order valence-corrected chi connectivity index (χ0v) is 16.2. The number of rotatable bonds is 3. The molecule has 2 aromatic rings. The van der Waals surface area contributed by atoms with E-state index in [-0.39, 0.29) is 18.5 Å². The van der Waals surface area contributed by atoms with Crippen molar-refractivity contribution in [2.45, 2.75) is 18.8 Å². The lowest BCUT2D eigenvalue weighted by Gasteiger charge is -2.34. The summed E-state index contributed by atoms with van der Waals surface area (Å²) < 4.78 is 78.8. The molecule has 0 aliphatic carbocycles. The Bertz CT molecular complexity index is 1120. The molecular formula is C18H14F5N7O2. The van der Waals surface area contributed by atoms with E-state index in [4.69, 9.17) is 9.15 Å². The molecule has 9 nitrogen and oxygen atoms in total. The number of aliphatic imine (C=N–C) groups is 3. The maximum Gasteiger partial charge on any atom is 0.254 e. The average Bonchev–Trinajstić information content (AvgIpc) is 3.45. The fourth-order valence-corrected chi connectivity index (χ4v) is 3.65. The molecule has 1 fully saturated rings. The minimum absolute atomic E-state index is 0.0548. The molecule has 32 heavy (non-hydrogen) atoms. The molecule has 168 valence electrons. The summed E-state index contributed by atoms with van der Waals surface area (Å²) in [6, 6.07) is -0.379. The van der Waals surface area contributed by atoms with Crippen LogP contribution in [0.2, 0.25) is 0 Å². The fourth-order valence-electron chi connectivity index (χ4n) is 3.65. The highest BCUT2D eigenvalue weighted by Crippen LogP contribution is 2.31. The Morgan fingerprint density at radius 1 is 0.906 bits per heavy atom. The zero-order chi connectivity index (χ0) is 22.4. The summed E-state index contributed by atoms with van der Waals surface area (Å²) in [6.45, 7) is 2.42. The molecule has 0 amide bonds. The van der Waals surface area contributed by atoms with Crippen LogP contribution >= 0.6 is 0 Å². The molecule has 2 unspecified atom stereocenters. The van der Waals surface area contributed by atoms with E-state index in [2.05, 4.69) is 30.1 Å². The number of amidine groups is 1. The van der Waals surface area contributed by atoms with Crippen molar-refractivity contribution in [3.8, 4) is 11.5 Å². The van der Waals surface area contributed by atoms with E-state index in [1.807, 2.05) is 0 Å². The van der Waals surface area contributed by atoms with Crippen LogP contribution in [0.5, 0.6) is 0 Å². The minimum atomic E-state index is -2.27. The van der Waals surface area contributed by atoms with Gasteiger partial charge in [0.15, 0.2) is 29.4 Å². The van der Waals surface area contributed by atoms with Gasteiger partial charge < -0.3 is 19.0 Å². The summed E-state index contributed by atoms with van der Waals surface area (Å²) in [5, 5.41) is 7.11. The molecule has 2 atom stereocenters. The summed E-state index contributed by atoms with van der Waals surface area (Å²) in [7, 11) is 0. The molecule has 1 saturated heterocycles. The third-order valence-electron chi connectivity index (χ3n) is 5.22. The van der Waals surface area contributed by atoms with Gasteiger partial charge in [-0.3, -0.25) is 4.99 Å². The van der Waals surface area contributed by atoms with Gasteiger partial charge in [-0.15, -0.1) is 10.2 Å². The third kappa shape index (κ3) is 3.30. The lowest BCUT2D eigenvalue weighted by Crippen LogP contribution is -2.50. The molecule has 14 heteroatoms. The number of fused-ring (bicyclic) bond motifs is 1. The van der Waals surface area contributed by atoms with Crippen molar-refractivity contribution in [3.05, 3.63) is 35.0 Å². The van der Waals surface area contributed by atoms with Crippen molar-refractivity contribution in [2.75, 3.05) is 26.3 Å². The van der Waals surface area contributed by atoms with Crippen molar-refractivity contribution in [3.63, 3.8) is 0 Å². The first kappa shape index (κ1) is 20.5. The molecule has 4 heterocycles. The lowest BCUT2D eigenvalue weighted by atomic mass is 10.1. The average molecular weight is 455 g/mol. The van der Waals surface area contributed by atoms with E-state index >= 15 is 0 Å². The Kier molecular flexibility index (Phi) is 5.07. The first-order valence-corrected chi connectivity index (χ1v) is 9.51. The number of halogens is 5. The van der Waals surface area contributed by atoms with Crippen LogP contribution in [0.25, 0.3) is 11.5 Å². The van der Waals surface area contributed by atoms with E-state index < -0.39 is 46.7 Å². The van der Waals surface area contributed by atoms with Gasteiger partial charge >= 0.3 is 0 Å². The number of aromatic nitrogens is 2. The second kappa shape index (κ2) is 7.93. The van der Waals surface area contributed by atoms with Crippen LogP contribution in [-0.2, 0) is 11.3 Å². The number of morpholine rings is 1. The van der Waals surface area contributed by atoms with Gasteiger partial charge in [0.2, 0.25) is 11.7 Å². The van der Waals surface area contributed by atoms with Gasteiger partial charge in [0, 0.05) is 13.1 Å². The molecule has 3 aliphatic heterocycles. The smallest absolute Gasteiger partial charge is 0.254 e. The first-order valence-electron chi connectivity index (χ1n) is 9.51. The van der Waals surface area contributed by atoms with Gasteiger partial charge in [-0.2, -0.15) is 0 Å². The molecular weight excluding hydrogens is 441 g/mol. The van der Waals surface area contributed by atoms with Crippen molar-refractivity contribution >= 4 is 18.5 Å². The highest BCUT2D eigenvalue weighted by molar-refractivity contribution is 5.97. The van der Waals surface area contributed by atoms with Crippen LogP contribution in [-0.4, -0.2) is 77.0 Å². The standard InChI is InChI=1S/C18H14F5N7O2/c19-10-9(11(20)13(22)14(23)12(10)21)18-28-27-8(32-18)5-30-7-26-15-16(24-6-25-17(15)30)29-1-3-31-4-2-29/h6-7,15,17H,1-5H2. The normalized spacial score (nSPS) is 22.5. The number of nitrogens with zero attached hydrogens (tertiary/aromatic N) is 7. The number of benzene rings is 1. The van der Waals surface area contributed by atoms with E-state index in [0.717, 1.165) is 5.84 Å². The van der Waals surface area contributed by atoms with Gasteiger partial charge in [-0.05, 0) is 0 Å². The quantitative estimate of drug-likeness (QED) is 0.398. The zero-order valence-electron chi connectivity index (χ0n) is 16.2. The van der Waals surface area contributed by atoms with Gasteiger partial charge in [-0.25, -0.2) is 31.9 Å². The fraction of sp³-hybridized carbons (Fsp3) is 0.389. The van der Waals surface area contributed by atoms with Crippen LogP contribution in [0.3, 0.4) is 0 Å². The SMILES string of the molecule is Fc1c(F)c(F)c(-c2nnc(CN3C=NC4C(N5CCOCC5)=NC=NC43)o2)c(F)c1F. The molecule has 0 radical (unpaired) electrons. The molecule has 5 rings (SSSR count). The van der Waals surface area contributed by atoms with Crippen LogP contribution in [0, 0.1) is 29.1 Å². The van der Waals surface area contributed by atoms with E-state index in [0.29, 0.717) is 26.3 Å². The van der Waals surface area contributed by atoms with Gasteiger partial charge in [0.05, 0.1) is 26.1 Å². The predicted octanol–water partition coefficient (Wildman–Crippen LogP) is 1.74. The summed E-state index contributed by atoms with van der Waals surface area (Å²) in [5.74, 6) is -10.8. The lowest BCUT2D eigenvalue weighted by molar-refractivity contribution is 0.0662. The summed E-state index contributed by atoms with van der Waals surface area (Å²) in [4.78, 5) is 16.8. The predicted molar refractivity (Wildman–Crippen MR) is 99.5 cm³/mol. The van der Waals surface area contributed by atoms with E-state index in [9.17, 15) is 22.0 Å². The summed E-state index contributed by atoms with van der Waals surface area (Å²) in [5.41, 5.74) is -1.29. The van der Waals surface area contributed by atoms with E-state index in [1.165, 1.54) is 12.7 Å². The van der Waals surface area contributed by atoms with Crippen LogP contribution < -0.4 is 0 Å². The highest BCUT2D eigenvalue weighted by atomic mass is 19.2. The molecule has 0 N–H and O–H groups in total. The Morgan fingerprint density at radius 3 is 2.31 bits per heavy atom. The Morgan fingerprint density at radius 2 is 1.59 bits per heavy atom. The molecule has 1 aromatic heterocycles. The number of hydrogen-bond acceptors (Lipinski definition) is 9. The molecule has 3 aliphatic rings. The van der Waals surface area contributed by atoms with Crippen LogP contribution in [0.1, 0.15) is 5.89 Å². The molecule has 0 spiro atoms. The monoisotopic (exact) mass is 455 g/mol. The second-order valence-electron chi connectivity index (χ2n) is 7.09. The molecule has 0 saturated carbocycles. The third-order valence-corrected chi connectivity index (χ3v) is 5.22. The molecule has 0 bridgehead atoms. The van der Waals surface area contributed by atoms with Crippen LogP contribution in [0.4, 0.5) is 22.0 Å². The van der Waals surface area contributed by atoms with E-state index in [1.54, 1.807) is 4.90 Å². The number of ether oxygens (including phenoxy) is 1. The van der Waals surface area contributed by atoms with Gasteiger partial charge in [0.25, 0.3) is 5.89 Å². The highest BCUT2D eigenvalue weighted by Gasteiger charge is 2.39. The maximum atomic E-state index is 14.0. The van der Waals surface area contributed by atoms with Crippen molar-refractivity contribution in [1.29, 1.82) is 0 Å². The first-order chi connectivity index (χ1) is 15.5. The summed E-state index contributed by atoms with van der Waals surface area (Å²) in [6.07, 6.45) is 2.47. The van der Waals surface area contributed by atoms with Crippen LogP contribution in [0.15, 0.2) is 19.4 Å². The topological polar surface area (TPSA) is 91.7 Å². The minimum Gasteiger partial charge on any atom is -0.419 e. The van der Waals surface area contributed by atoms with Gasteiger partial charge in [0.1, 0.15) is 23.8 Å².